The molecule has 1 heterocycles. The molecule has 0 bridgehead atoms. The van der Waals surface area contributed by atoms with Crippen LogP contribution in [0.5, 0.6) is 0 Å². The predicted octanol–water partition coefficient (Wildman–Crippen LogP) is 0.149. The molecule has 18 heavy (non-hydrogen) atoms. The minimum atomic E-state index is -1.13. The third kappa shape index (κ3) is 3.61. The van der Waals surface area contributed by atoms with E-state index in [-0.39, 0.29) is 19.6 Å². The van der Waals surface area contributed by atoms with Gasteiger partial charge in [-0.15, -0.1) is 0 Å². The van der Waals surface area contributed by atoms with Gasteiger partial charge in [0.15, 0.2) is 0 Å². The fourth-order valence-electron chi connectivity index (χ4n) is 1.64. The van der Waals surface area contributed by atoms with Crippen LogP contribution in [0.2, 0.25) is 0 Å². The van der Waals surface area contributed by atoms with Crippen LogP contribution in [0.4, 0.5) is 4.79 Å². The first-order valence-corrected chi connectivity index (χ1v) is 5.66. The highest BCUT2D eigenvalue weighted by Crippen LogP contribution is 2.14. The van der Waals surface area contributed by atoms with Crippen LogP contribution >= 0.6 is 0 Å². The molecule has 0 spiro atoms. The first kappa shape index (κ1) is 14.3. The van der Waals surface area contributed by atoms with E-state index >= 15 is 0 Å². The van der Waals surface area contributed by atoms with Gasteiger partial charge in [0.2, 0.25) is 6.41 Å². The van der Waals surface area contributed by atoms with Gasteiger partial charge in [0, 0.05) is 13.1 Å². The van der Waals surface area contributed by atoms with Gasteiger partial charge in [0.1, 0.15) is 11.6 Å². The average Bonchev–Trinajstić information content (AvgIpc) is 2.25. The fourth-order valence-corrected chi connectivity index (χ4v) is 1.64. The Hall–Kier alpha value is -1.79. The molecule has 1 rings (SSSR count). The lowest BCUT2D eigenvalue weighted by Gasteiger charge is -2.37. The zero-order chi connectivity index (χ0) is 13.9. The van der Waals surface area contributed by atoms with Gasteiger partial charge in [-0.1, -0.05) is 0 Å². The van der Waals surface area contributed by atoms with Crippen molar-refractivity contribution in [1.29, 1.82) is 0 Å². The molecule has 7 heteroatoms. The van der Waals surface area contributed by atoms with Crippen LogP contribution in [-0.2, 0) is 14.3 Å². The topological polar surface area (TPSA) is 87.2 Å². The third-order valence-corrected chi connectivity index (χ3v) is 2.49. The number of carboxylic acid groups (broad SMARTS) is 1. The van der Waals surface area contributed by atoms with E-state index in [1.54, 1.807) is 20.8 Å². The van der Waals surface area contributed by atoms with Crippen LogP contribution in [0, 0.1) is 0 Å². The SMILES string of the molecule is CC(C)(C)OC(=O)N1CCN(C=O)[C@@H](C(=O)O)C1. The predicted molar refractivity (Wildman–Crippen MR) is 62.0 cm³/mol. The van der Waals surface area contributed by atoms with Crippen molar-refractivity contribution in [3.8, 4) is 0 Å². The van der Waals surface area contributed by atoms with E-state index in [0.29, 0.717) is 6.41 Å². The summed E-state index contributed by atoms with van der Waals surface area (Å²) in [5, 5.41) is 8.99. The largest absolute Gasteiger partial charge is 0.480 e. The molecule has 1 fully saturated rings. The standard InChI is InChI=1S/C11H18N2O5/c1-11(2,3)18-10(17)12-4-5-13(7-14)8(6-12)9(15)16/h7-8H,4-6H2,1-3H3,(H,15,16)/t8-/m1/s1. The maximum absolute atomic E-state index is 11.8. The Morgan fingerprint density at radius 3 is 2.39 bits per heavy atom. The fraction of sp³-hybridized carbons (Fsp3) is 0.727. The molecule has 0 aromatic carbocycles. The number of hydrogen-bond donors (Lipinski definition) is 1. The number of carboxylic acids is 1. The molecule has 7 nitrogen and oxygen atoms in total. The Morgan fingerprint density at radius 2 is 1.94 bits per heavy atom. The number of carbonyl (C=O) groups excluding carboxylic acids is 2. The highest BCUT2D eigenvalue weighted by atomic mass is 16.6. The second-order valence-electron chi connectivity index (χ2n) is 5.12. The van der Waals surface area contributed by atoms with Crippen LogP contribution in [0.3, 0.4) is 0 Å². The number of amides is 2. The lowest BCUT2D eigenvalue weighted by molar-refractivity contribution is -0.149. The van der Waals surface area contributed by atoms with Crippen molar-refractivity contribution in [3.63, 3.8) is 0 Å². The summed E-state index contributed by atoms with van der Waals surface area (Å²) in [6.07, 6.45) is -0.0649. The van der Waals surface area contributed by atoms with Crippen LogP contribution in [-0.4, -0.2) is 64.7 Å². The first-order valence-electron chi connectivity index (χ1n) is 5.66. The third-order valence-electron chi connectivity index (χ3n) is 2.49. The van der Waals surface area contributed by atoms with Crippen LogP contribution in [0.15, 0.2) is 0 Å². The molecule has 1 N–H and O–H groups in total. The Morgan fingerprint density at radius 1 is 1.33 bits per heavy atom. The monoisotopic (exact) mass is 258 g/mol. The molecular formula is C11H18N2O5. The molecule has 0 saturated carbocycles. The summed E-state index contributed by atoms with van der Waals surface area (Å²) < 4.78 is 5.16. The molecular weight excluding hydrogens is 240 g/mol. The van der Waals surface area contributed by atoms with E-state index in [4.69, 9.17) is 9.84 Å². The number of carbonyl (C=O) groups is 3. The molecule has 0 aromatic heterocycles. The van der Waals surface area contributed by atoms with Crippen molar-refractivity contribution >= 4 is 18.5 Å². The van der Waals surface area contributed by atoms with E-state index in [2.05, 4.69) is 0 Å². The summed E-state index contributed by atoms with van der Waals surface area (Å²) in [4.78, 5) is 36.0. The zero-order valence-electron chi connectivity index (χ0n) is 10.8. The van der Waals surface area contributed by atoms with Gasteiger partial charge in [0.05, 0.1) is 6.54 Å². The van der Waals surface area contributed by atoms with E-state index in [1.807, 2.05) is 0 Å². The minimum Gasteiger partial charge on any atom is -0.480 e. The van der Waals surface area contributed by atoms with Gasteiger partial charge in [-0.05, 0) is 20.8 Å². The maximum atomic E-state index is 11.8. The van der Waals surface area contributed by atoms with Crippen molar-refractivity contribution in [2.45, 2.75) is 32.4 Å². The van der Waals surface area contributed by atoms with E-state index in [9.17, 15) is 14.4 Å². The summed E-state index contributed by atoms with van der Waals surface area (Å²) in [6.45, 7) is 5.63. The Bertz CT molecular complexity index is 350. The van der Waals surface area contributed by atoms with Crippen molar-refractivity contribution < 1.29 is 24.2 Å². The highest BCUT2D eigenvalue weighted by molar-refractivity contribution is 5.78. The molecule has 1 aliphatic rings. The van der Waals surface area contributed by atoms with Gasteiger partial charge in [-0.3, -0.25) is 4.79 Å². The van der Waals surface area contributed by atoms with Gasteiger partial charge in [-0.25, -0.2) is 9.59 Å². The quantitative estimate of drug-likeness (QED) is 0.712. The van der Waals surface area contributed by atoms with Gasteiger partial charge in [0.25, 0.3) is 0 Å². The van der Waals surface area contributed by atoms with Gasteiger partial charge >= 0.3 is 12.1 Å². The number of rotatable bonds is 2. The van der Waals surface area contributed by atoms with E-state index in [0.717, 1.165) is 0 Å². The van der Waals surface area contributed by atoms with Crippen molar-refractivity contribution in [3.05, 3.63) is 0 Å². The zero-order valence-corrected chi connectivity index (χ0v) is 10.8. The normalized spacial score (nSPS) is 20.5. The van der Waals surface area contributed by atoms with Crippen LogP contribution in [0.25, 0.3) is 0 Å². The minimum absolute atomic E-state index is 0.0526. The van der Waals surface area contributed by atoms with Crippen molar-refractivity contribution in [2.75, 3.05) is 19.6 Å². The maximum Gasteiger partial charge on any atom is 0.410 e. The summed E-state index contributed by atoms with van der Waals surface area (Å²) in [6, 6.07) is -1.01. The lowest BCUT2D eigenvalue weighted by atomic mass is 10.2. The number of nitrogens with zero attached hydrogens (tertiary/aromatic N) is 2. The van der Waals surface area contributed by atoms with E-state index in [1.165, 1.54) is 9.80 Å². The molecule has 1 atom stereocenters. The lowest BCUT2D eigenvalue weighted by Crippen LogP contribution is -2.57. The Labute approximate surface area is 105 Å². The highest BCUT2D eigenvalue weighted by Gasteiger charge is 2.35. The van der Waals surface area contributed by atoms with Gasteiger partial charge in [-0.2, -0.15) is 0 Å². The molecule has 0 unspecified atom stereocenters. The first-order chi connectivity index (χ1) is 8.24. The molecule has 1 aliphatic heterocycles. The van der Waals surface area contributed by atoms with Crippen LogP contribution in [0.1, 0.15) is 20.8 Å². The second kappa shape index (κ2) is 5.24. The van der Waals surface area contributed by atoms with Crippen molar-refractivity contribution in [2.24, 2.45) is 0 Å². The number of ether oxygens (including phenoxy) is 1. The molecule has 0 aromatic rings. The molecule has 0 radical (unpaired) electrons. The summed E-state index contributed by atoms with van der Waals surface area (Å²) in [7, 11) is 0. The summed E-state index contributed by atoms with van der Waals surface area (Å²) >= 11 is 0. The Kier molecular flexibility index (Phi) is 4.15. The molecule has 2 amide bonds. The number of aliphatic carboxylic acids is 1. The van der Waals surface area contributed by atoms with Crippen LogP contribution < -0.4 is 0 Å². The average molecular weight is 258 g/mol. The molecule has 0 aliphatic carbocycles. The van der Waals surface area contributed by atoms with E-state index < -0.39 is 23.7 Å². The summed E-state index contributed by atoms with van der Waals surface area (Å²) in [5.74, 6) is -1.13. The Balaban J connectivity index is 2.68. The summed E-state index contributed by atoms with van der Waals surface area (Å²) in [5.41, 5.74) is -0.627. The molecule has 1 saturated heterocycles. The molecule has 102 valence electrons. The van der Waals surface area contributed by atoms with Crippen molar-refractivity contribution in [1.82, 2.24) is 9.80 Å². The second-order valence-corrected chi connectivity index (χ2v) is 5.12. The number of piperazine rings is 1. The smallest absolute Gasteiger partial charge is 0.410 e. The van der Waals surface area contributed by atoms with Gasteiger partial charge < -0.3 is 19.6 Å². The number of hydrogen-bond acceptors (Lipinski definition) is 4.